The van der Waals surface area contributed by atoms with Gasteiger partial charge in [0, 0.05) is 6.42 Å². The highest BCUT2D eigenvalue weighted by Gasteiger charge is 2.16. The Hall–Kier alpha value is -1.41. The number of hydrogen-bond donors (Lipinski definition) is 0. The molecule has 0 atom stereocenters. The van der Waals surface area contributed by atoms with Crippen LogP contribution in [0.25, 0.3) is 0 Å². The number of sulfone groups is 1. The van der Waals surface area contributed by atoms with Gasteiger partial charge in [-0.3, -0.25) is 0 Å². The topological polar surface area (TPSA) is 57.9 Å². The number of hydrogen-bond acceptors (Lipinski definition) is 3. The highest BCUT2D eigenvalue weighted by Crippen LogP contribution is 2.18. The van der Waals surface area contributed by atoms with E-state index in [2.05, 4.69) is 0 Å². The van der Waals surface area contributed by atoms with E-state index < -0.39 is 15.7 Å². The van der Waals surface area contributed by atoms with Gasteiger partial charge in [0.05, 0.1) is 16.7 Å². The smallest absolute Gasteiger partial charge is 0.179 e. The van der Waals surface area contributed by atoms with Gasteiger partial charge in [-0.25, -0.2) is 12.8 Å². The van der Waals surface area contributed by atoms with Gasteiger partial charge in [0.2, 0.25) is 0 Å². The van der Waals surface area contributed by atoms with Gasteiger partial charge in [0.15, 0.2) is 9.84 Å². The molecule has 0 N–H and O–H groups in total. The quantitative estimate of drug-likeness (QED) is 0.740. The Balaban J connectivity index is 3.12. The third-order valence-corrected chi connectivity index (χ3v) is 3.82. The lowest BCUT2D eigenvalue weighted by Gasteiger charge is -2.05. The number of nitrogens with zero attached hydrogens (tertiary/aromatic N) is 1. The van der Waals surface area contributed by atoms with Crippen LogP contribution in [0.4, 0.5) is 4.39 Å². The number of rotatable bonds is 3. The van der Waals surface area contributed by atoms with Gasteiger partial charge in [0.25, 0.3) is 0 Å². The first-order valence-electron chi connectivity index (χ1n) is 4.33. The second-order valence-corrected chi connectivity index (χ2v) is 5.21. The average Bonchev–Trinajstić information content (AvgIpc) is 2.14. The van der Waals surface area contributed by atoms with Crippen molar-refractivity contribution in [3.63, 3.8) is 0 Å². The molecule has 0 heterocycles. The molecule has 0 aliphatic carbocycles. The molecule has 0 saturated carbocycles. The van der Waals surface area contributed by atoms with Crippen LogP contribution in [0.5, 0.6) is 0 Å². The summed E-state index contributed by atoms with van der Waals surface area (Å²) in [4.78, 5) is 0.0964. The van der Waals surface area contributed by atoms with Gasteiger partial charge in [-0.1, -0.05) is 0 Å². The van der Waals surface area contributed by atoms with Crippen LogP contribution in [-0.4, -0.2) is 14.2 Å². The molecule has 0 fully saturated rings. The van der Waals surface area contributed by atoms with Gasteiger partial charge in [-0.05, 0) is 30.7 Å². The van der Waals surface area contributed by atoms with Crippen molar-refractivity contribution in [1.29, 1.82) is 5.26 Å². The van der Waals surface area contributed by atoms with Gasteiger partial charge >= 0.3 is 0 Å². The van der Waals surface area contributed by atoms with Crippen LogP contribution in [-0.2, 0) is 9.84 Å². The molecule has 3 nitrogen and oxygen atoms in total. The highest BCUT2D eigenvalue weighted by atomic mass is 32.2. The zero-order valence-corrected chi connectivity index (χ0v) is 9.01. The van der Waals surface area contributed by atoms with Gasteiger partial charge in [0.1, 0.15) is 5.82 Å². The summed E-state index contributed by atoms with van der Waals surface area (Å²) >= 11 is 0. The highest BCUT2D eigenvalue weighted by molar-refractivity contribution is 7.91. The summed E-state index contributed by atoms with van der Waals surface area (Å²) in [5.74, 6) is -0.692. The van der Waals surface area contributed by atoms with Crippen molar-refractivity contribution in [2.45, 2.75) is 18.2 Å². The third kappa shape index (κ3) is 2.77. The monoisotopic (exact) mass is 227 g/mol. The summed E-state index contributed by atoms with van der Waals surface area (Å²) in [6.07, 6.45) is -0.0564. The molecule has 0 spiro atoms. The lowest BCUT2D eigenvalue weighted by atomic mass is 10.2. The zero-order chi connectivity index (χ0) is 11.5. The van der Waals surface area contributed by atoms with Crippen molar-refractivity contribution >= 4 is 9.84 Å². The maximum atomic E-state index is 12.7. The summed E-state index contributed by atoms with van der Waals surface area (Å²) in [5.41, 5.74) is 0.368. The number of benzene rings is 1. The minimum absolute atomic E-state index is 0.0564. The van der Waals surface area contributed by atoms with Gasteiger partial charge < -0.3 is 0 Å². The van der Waals surface area contributed by atoms with E-state index in [4.69, 9.17) is 5.26 Å². The first-order chi connectivity index (χ1) is 6.97. The summed E-state index contributed by atoms with van der Waals surface area (Å²) in [5, 5.41) is 8.32. The molecule has 80 valence electrons. The molecule has 0 amide bonds. The van der Waals surface area contributed by atoms with Gasteiger partial charge in [-0.15, -0.1) is 0 Å². The SMILES string of the molecule is Cc1cc(F)ccc1S(=O)(=O)CCC#N. The Morgan fingerprint density at radius 3 is 2.67 bits per heavy atom. The lowest BCUT2D eigenvalue weighted by molar-refractivity contribution is 0.593. The molecule has 0 radical (unpaired) electrons. The molecule has 15 heavy (non-hydrogen) atoms. The summed E-state index contributed by atoms with van der Waals surface area (Å²) in [6, 6.07) is 5.27. The van der Waals surface area contributed by atoms with Crippen LogP contribution in [0.15, 0.2) is 23.1 Å². The van der Waals surface area contributed by atoms with Crippen molar-refractivity contribution in [3.8, 4) is 6.07 Å². The second kappa shape index (κ2) is 4.41. The van der Waals surface area contributed by atoms with E-state index in [1.807, 2.05) is 0 Å². The predicted octanol–water partition coefficient (Wildman–Crippen LogP) is 1.82. The number of nitriles is 1. The summed E-state index contributed by atoms with van der Waals surface area (Å²) in [7, 11) is -3.46. The lowest BCUT2D eigenvalue weighted by Crippen LogP contribution is -2.08. The maximum absolute atomic E-state index is 12.7. The Morgan fingerprint density at radius 2 is 2.13 bits per heavy atom. The standard InChI is InChI=1S/C10H10FNO2S/c1-8-7-9(11)3-4-10(8)15(13,14)6-2-5-12/h3-4,7H,2,6H2,1H3. The maximum Gasteiger partial charge on any atom is 0.179 e. The van der Waals surface area contributed by atoms with E-state index >= 15 is 0 Å². The second-order valence-electron chi connectivity index (χ2n) is 3.14. The first kappa shape index (κ1) is 11.7. The molecule has 0 saturated heterocycles. The van der Waals surface area contributed by atoms with Crippen LogP contribution in [0, 0.1) is 24.1 Å². The van der Waals surface area contributed by atoms with Crippen LogP contribution >= 0.6 is 0 Å². The molecule has 0 aliphatic rings. The first-order valence-corrected chi connectivity index (χ1v) is 5.98. The molecule has 0 unspecified atom stereocenters. The van der Waals surface area contributed by atoms with E-state index in [9.17, 15) is 12.8 Å². The van der Waals surface area contributed by atoms with Crippen LogP contribution in [0.2, 0.25) is 0 Å². The van der Waals surface area contributed by atoms with E-state index in [-0.39, 0.29) is 17.1 Å². The molecule has 5 heteroatoms. The summed E-state index contributed by atoms with van der Waals surface area (Å²) < 4.78 is 36.0. The number of aryl methyl sites for hydroxylation is 1. The molecular weight excluding hydrogens is 217 g/mol. The molecule has 0 aliphatic heterocycles. The Bertz CT molecular complexity index is 503. The van der Waals surface area contributed by atoms with Crippen molar-refractivity contribution < 1.29 is 12.8 Å². The van der Waals surface area contributed by atoms with E-state index in [0.717, 1.165) is 6.07 Å². The average molecular weight is 227 g/mol. The normalized spacial score (nSPS) is 11.0. The fourth-order valence-corrected chi connectivity index (χ4v) is 2.66. The van der Waals surface area contributed by atoms with Crippen molar-refractivity contribution in [2.24, 2.45) is 0 Å². The van der Waals surface area contributed by atoms with Crippen LogP contribution < -0.4 is 0 Å². The van der Waals surface area contributed by atoms with Crippen LogP contribution in [0.1, 0.15) is 12.0 Å². The largest absolute Gasteiger partial charge is 0.224 e. The minimum Gasteiger partial charge on any atom is -0.224 e. The fourth-order valence-electron chi connectivity index (χ4n) is 1.25. The van der Waals surface area contributed by atoms with E-state index in [0.29, 0.717) is 5.56 Å². The molecule has 0 aromatic heterocycles. The molecule has 1 aromatic carbocycles. The Kier molecular flexibility index (Phi) is 3.43. The fraction of sp³-hybridized carbons (Fsp3) is 0.300. The van der Waals surface area contributed by atoms with E-state index in [1.54, 1.807) is 6.07 Å². The van der Waals surface area contributed by atoms with Crippen molar-refractivity contribution in [3.05, 3.63) is 29.6 Å². The predicted molar refractivity (Wildman–Crippen MR) is 53.4 cm³/mol. The third-order valence-electron chi connectivity index (χ3n) is 1.95. The minimum atomic E-state index is -3.46. The number of halogens is 1. The van der Waals surface area contributed by atoms with E-state index in [1.165, 1.54) is 19.1 Å². The van der Waals surface area contributed by atoms with Gasteiger partial charge in [-0.2, -0.15) is 5.26 Å². The molecule has 0 bridgehead atoms. The van der Waals surface area contributed by atoms with Crippen molar-refractivity contribution in [2.75, 3.05) is 5.75 Å². The molecule has 1 rings (SSSR count). The molecule has 1 aromatic rings. The van der Waals surface area contributed by atoms with Crippen LogP contribution in [0.3, 0.4) is 0 Å². The Morgan fingerprint density at radius 1 is 1.47 bits per heavy atom. The van der Waals surface area contributed by atoms with Crippen molar-refractivity contribution in [1.82, 2.24) is 0 Å². The molecular formula is C10H10FNO2S. The zero-order valence-electron chi connectivity index (χ0n) is 8.20. The summed E-state index contributed by atoms with van der Waals surface area (Å²) in [6.45, 7) is 1.53. The Labute approximate surface area is 88.1 Å².